The van der Waals surface area contributed by atoms with Crippen molar-refractivity contribution in [3.8, 4) is 11.5 Å². The molecule has 1 aromatic rings. The number of methoxy groups -OCH3 is 2. The average molecular weight is 295 g/mol. The highest BCUT2D eigenvalue weighted by molar-refractivity contribution is 5.77. The van der Waals surface area contributed by atoms with Crippen LogP contribution in [0.5, 0.6) is 11.5 Å². The number of hydrogen-bond acceptors (Lipinski definition) is 4. The van der Waals surface area contributed by atoms with Crippen LogP contribution in [-0.2, 0) is 11.2 Å². The zero-order valence-electron chi connectivity index (χ0n) is 13.2. The summed E-state index contributed by atoms with van der Waals surface area (Å²) in [5.41, 5.74) is 5.60. The molecule has 0 heterocycles. The Kier molecular flexibility index (Phi) is 6.03. The molecule has 0 aliphatic carbocycles. The molecule has 0 fully saturated rings. The fraction of sp³-hybridized carbons (Fsp3) is 0.562. The Balaban J connectivity index is 2.99. The number of carboxylic acid groups (broad SMARTS) is 1. The molecule has 118 valence electrons. The monoisotopic (exact) mass is 295 g/mol. The summed E-state index contributed by atoms with van der Waals surface area (Å²) in [7, 11) is 3.23. The molecule has 2 unspecified atom stereocenters. The second kappa shape index (κ2) is 7.31. The van der Waals surface area contributed by atoms with Gasteiger partial charge in [0, 0.05) is 5.56 Å². The highest BCUT2D eigenvalue weighted by atomic mass is 16.5. The van der Waals surface area contributed by atoms with Crippen LogP contribution >= 0.6 is 0 Å². The fourth-order valence-electron chi connectivity index (χ4n) is 2.47. The van der Waals surface area contributed by atoms with Crippen LogP contribution < -0.4 is 15.2 Å². The van der Waals surface area contributed by atoms with Gasteiger partial charge in [-0.2, -0.15) is 0 Å². The first-order chi connectivity index (χ1) is 9.85. The van der Waals surface area contributed by atoms with E-state index in [0.29, 0.717) is 12.8 Å². The maximum atomic E-state index is 11.2. The van der Waals surface area contributed by atoms with Crippen LogP contribution in [0.1, 0.15) is 32.3 Å². The number of hydrogen-bond donors (Lipinski definition) is 2. The first kappa shape index (κ1) is 17.3. The van der Waals surface area contributed by atoms with E-state index in [4.69, 9.17) is 15.2 Å². The Hall–Kier alpha value is -1.75. The van der Waals surface area contributed by atoms with Crippen molar-refractivity contribution in [1.29, 1.82) is 0 Å². The third kappa shape index (κ3) is 4.36. The molecular weight excluding hydrogens is 270 g/mol. The molecule has 21 heavy (non-hydrogen) atoms. The smallest absolute Gasteiger partial charge is 0.323 e. The van der Waals surface area contributed by atoms with Gasteiger partial charge < -0.3 is 20.3 Å². The van der Waals surface area contributed by atoms with E-state index >= 15 is 0 Å². The van der Waals surface area contributed by atoms with Crippen LogP contribution in [0.4, 0.5) is 0 Å². The summed E-state index contributed by atoms with van der Waals surface area (Å²) >= 11 is 0. The Morgan fingerprint density at radius 1 is 1.33 bits per heavy atom. The van der Waals surface area contributed by atoms with E-state index in [1.807, 2.05) is 25.1 Å². The molecule has 0 saturated heterocycles. The van der Waals surface area contributed by atoms with E-state index in [1.165, 1.54) is 0 Å². The summed E-state index contributed by atoms with van der Waals surface area (Å²) in [4.78, 5) is 11.2. The highest BCUT2D eigenvalue weighted by Crippen LogP contribution is 2.33. The van der Waals surface area contributed by atoms with Crippen LogP contribution in [0.25, 0.3) is 0 Å². The van der Waals surface area contributed by atoms with Crippen LogP contribution in [0.2, 0.25) is 0 Å². The summed E-state index contributed by atoms with van der Waals surface area (Å²) in [6.45, 7) is 3.59. The van der Waals surface area contributed by atoms with Crippen LogP contribution in [0.15, 0.2) is 18.2 Å². The van der Waals surface area contributed by atoms with Crippen molar-refractivity contribution in [3.63, 3.8) is 0 Å². The summed E-state index contributed by atoms with van der Waals surface area (Å²) in [6, 6.07) is 5.62. The lowest BCUT2D eigenvalue weighted by molar-refractivity contribution is -0.143. The van der Waals surface area contributed by atoms with Gasteiger partial charge in [-0.3, -0.25) is 4.79 Å². The van der Waals surface area contributed by atoms with Gasteiger partial charge in [-0.15, -0.1) is 0 Å². The maximum Gasteiger partial charge on any atom is 0.323 e. The molecule has 3 N–H and O–H groups in total. The topological polar surface area (TPSA) is 81.8 Å². The number of carboxylic acids is 1. The standard InChI is InChI=1S/C16H25NO4/c1-5-11(10-16(2,17)15(18)19)9-12-13(20-3)7-6-8-14(12)21-4/h6-8,11H,5,9-10,17H2,1-4H3,(H,18,19). The molecule has 0 aliphatic heterocycles. The summed E-state index contributed by atoms with van der Waals surface area (Å²) in [6.07, 6.45) is 1.91. The number of carbonyl (C=O) groups is 1. The van der Waals surface area contributed by atoms with Gasteiger partial charge in [0.1, 0.15) is 17.0 Å². The second-order valence-electron chi connectivity index (χ2n) is 5.55. The molecule has 1 aromatic carbocycles. The lowest BCUT2D eigenvalue weighted by atomic mass is 9.84. The maximum absolute atomic E-state index is 11.2. The largest absolute Gasteiger partial charge is 0.496 e. The molecule has 0 spiro atoms. The molecule has 0 amide bonds. The number of ether oxygens (including phenoxy) is 2. The minimum absolute atomic E-state index is 0.140. The van der Waals surface area contributed by atoms with E-state index in [1.54, 1.807) is 21.1 Å². The molecule has 0 saturated carbocycles. The van der Waals surface area contributed by atoms with E-state index in [-0.39, 0.29) is 5.92 Å². The van der Waals surface area contributed by atoms with E-state index in [2.05, 4.69) is 0 Å². The summed E-state index contributed by atoms with van der Waals surface area (Å²) in [5, 5.41) is 9.18. The van der Waals surface area contributed by atoms with Crippen molar-refractivity contribution in [2.24, 2.45) is 11.7 Å². The Morgan fingerprint density at radius 2 is 1.86 bits per heavy atom. The molecule has 5 heteroatoms. The predicted octanol–water partition coefficient (Wildman–Crippen LogP) is 2.46. The first-order valence-electron chi connectivity index (χ1n) is 7.07. The zero-order chi connectivity index (χ0) is 16.0. The molecular formula is C16H25NO4. The predicted molar refractivity (Wildman–Crippen MR) is 81.9 cm³/mol. The molecule has 0 radical (unpaired) electrons. The van der Waals surface area contributed by atoms with Crippen molar-refractivity contribution in [2.75, 3.05) is 14.2 Å². The van der Waals surface area contributed by atoms with Gasteiger partial charge in [-0.05, 0) is 37.8 Å². The van der Waals surface area contributed by atoms with Crippen LogP contribution in [0, 0.1) is 5.92 Å². The molecule has 0 bridgehead atoms. The van der Waals surface area contributed by atoms with Gasteiger partial charge in [0.05, 0.1) is 14.2 Å². The van der Waals surface area contributed by atoms with Crippen molar-refractivity contribution < 1.29 is 19.4 Å². The number of nitrogens with two attached hydrogens (primary N) is 1. The van der Waals surface area contributed by atoms with Crippen molar-refractivity contribution in [1.82, 2.24) is 0 Å². The summed E-state index contributed by atoms with van der Waals surface area (Å²) < 4.78 is 10.8. The van der Waals surface area contributed by atoms with Gasteiger partial charge in [0.2, 0.25) is 0 Å². The average Bonchev–Trinajstić information content (AvgIpc) is 2.46. The lowest BCUT2D eigenvalue weighted by Gasteiger charge is -2.26. The Labute approximate surface area is 126 Å². The fourth-order valence-corrected chi connectivity index (χ4v) is 2.47. The van der Waals surface area contributed by atoms with Crippen LogP contribution in [-0.4, -0.2) is 30.8 Å². The third-order valence-electron chi connectivity index (χ3n) is 3.80. The SMILES string of the molecule is CCC(Cc1c(OC)cccc1OC)CC(C)(N)C(=O)O. The van der Waals surface area contributed by atoms with Crippen LogP contribution in [0.3, 0.4) is 0 Å². The van der Waals surface area contributed by atoms with Gasteiger partial charge in [-0.25, -0.2) is 0 Å². The summed E-state index contributed by atoms with van der Waals surface area (Å²) in [5.74, 6) is 0.665. The van der Waals surface area contributed by atoms with E-state index in [9.17, 15) is 9.90 Å². The third-order valence-corrected chi connectivity index (χ3v) is 3.80. The lowest BCUT2D eigenvalue weighted by Crippen LogP contribution is -2.46. The van der Waals surface area contributed by atoms with Crippen molar-refractivity contribution in [2.45, 2.75) is 38.6 Å². The molecule has 0 aromatic heterocycles. The van der Waals surface area contributed by atoms with Gasteiger partial charge in [0.25, 0.3) is 0 Å². The van der Waals surface area contributed by atoms with Crippen molar-refractivity contribution >= 4 is 5.97 Å². The molecule has 0 aliphatic rings. The highest BCUT2D eigenvalue weighted by Gasteiger charge is 2.31. The molecule has 1 rings (SSSR count). The minimum Gasteiger partial charge on any atom is -0.496 e. The van der Waals surface area contributed by atoms with E-state index in [0.717, 1.165) is 23.5 Å². The number of aliphatic carboxylic acids is 1. The normalized spacial score (nSPS) is 15.1. The van der Waals surface area contributed by atoms with Crippen molar-refractivity contribution in [3.05, 3.63) is 23.8 Å². The Bertz CT molecular complexity index is 463. The Morgan fingerprint density at radius 3 is 2.24 bits per heavy atom. The number of rotatable bonds is 8. The second-order valence-corrected chi connectivity index (χ2v) is 5.55. The minimum atomic E-state index is -1.23. The van der Waals surface area contributed by atoms with Gasteiger partial charge >= 0.3 is 5.97 Å². The molecule has 5 nitrogen and oxygen atoms in total. The molecule has 2 atom stereocenters. The van der Waals surface area contributed by atoms with E-state index < -0.39 is 11.5 Å². The quantitative estimate of drug-likeness (QED) is 0.770. The zero-order valence-corrected chi connectivity index (χ0v) is 13.2. The first-order valence-corrected chi connectivity index (χ1v) is 7.07. The van der Waals surface area contributed by atoms with Gasteiger partial charge in [-0.1, -0.05) is 19.4 Å². The number of benzene rings is 1. The van der Waals surface area contributed by atoms with Gasteiger partial charge in [0.15, 0.2) is 0 Å².